The Morgan fingerprint density at radius 1 is 0.750 bits per heavy atom. The molecular formula is C18H28O4S2. The molecule has 0 heterocycles. The second kappa shape index (κ2) is 6.30. The molecule has 0 aliphatic rings. The van der Waals surface area contributed by atoms with E-state index in [0.29, 0.717) is 5.56 Å². The van der Waals surface area contributed by atoms with Crippen molar-refractivity contribution in [3.63, 3.8) is 0 Å². The van der Waals surface area contributed by atoms with Gasteiger partial charge in [-0.2, -0.15) is 0 Å². The number of benzene rings is 1. The lowest BCUT2D eigenvalue weighted by molar-refractivity contribution is 0.568. The van der Waals surface area contributed by atoms with Gasteiger partial charge in [-0.25, -0.2) is 16.8 Å². The number of sulfone groups is 2. The van der Waals surface area contributed by atoms with Crippen molar-refractivity contribution >= 4 is 25.8 Å². The van der Waals surface area contributed by atoms with Crippen molar-refractivity contribution in [3.05, 3.63) is 39.1 Å². The third kappa shape index (κ3) is 5.45. The number of hydrogen-bond acceptors (Lipinski definition) is 4. The molecule has 1 rings (SSSR count). The maximum atomic E-state index is 11.9. The lowest BCUT2D eigenvalue weighted by Crippen LogP contribution is -2.17. The fraction of sp³-hybridized carbons (Fsp3) is 0.556. The summed E-state index contributed by atoms with van der Waals surface area (Å²) in [5, 5.41) is 0. The predicted molar refractivity (Wildman–Crippen MR) is 102 cm³/mol. The Balaban J connectivity index is 3.79. The van der Waals surface area contributed by atoms with Crippen LogP contribution in [0.2, 0.25) is 0 Å². The lowest BCUT2D eigenvalue weighted by atomic mass is 9.79. The van der Waals surface area contributed by atoms with Crippen molar-refractivity contribution in [2.75, 3.05) is 12.5 Å². The minimum absolute atomic E-state index is 0.139. The highest BCUT2D eigenvalue weighted by molar-refractivity contribution is 8.14. The first-order valence-electron chi connectivity index (χ1n) is 7.70. The third-order valence-electron chi connectivity index (χ3n) is 3.70. The molecule has 0 unspecified atom stereocenters. The van der Waals surface area contributed by atoms with Crippen LogP contribution in [-0.2, 0) is 30.5 Å². The molecular weight excluding hydrogens is 344 g/mol. The van der Waals surface area contributed by atoms with E-state index in [9.17, 15) is 16.8 Å². The largest absolute Gasteiger partial charge is 0.223 e. The highest BCUT2D eigenvalue weighted by Gasteiger charge is 2.24. The van der Waals surface area contributed by atoms with Crippen LogP contribution < -0.4 is 0 Å². The molecule has 0 spiro atoms. The van der Waals surface area contributed by atoms with Crippen LogP contribution in [0.3, 0.4) is 0 Å². The summed E-state index contributed by atoms with van der Waals surface area (Å²) in [5.41, 5.74) is 2.36. The van der Waals surface area contributed by atoms with Crippen molar-refractivity contribution < 1.29 is 16.8 Å². The summed E-state index contributed by atoms with van der Waals surface area (Å²) in [6.45, 7) is 12.4. The molecule has 6 heteroatoms. The molecule has 0 bridgehead atoms. The Bertz CT molecular complexity index is 794. The average Bonchev–Trinajstić information content (AvgIpc) is 2.30. The molecule has 0 saturated carbocycles. The summed E-state index contributed by atoms with van der Waals surface area (Å²) < 4.78 is 47.0. The summed E-state index contributed by atoms with van der Waals surface area (Å²) in [5.74, 6) is 0. The zero-order chi connectivity index (χ0) is 19.1. The van der Waals surface area contributed by atoms with Gasteiger partial charge in [0.2, 0.25) is 0 Å². The predicted octanol–water partition coefficient (Wildman–Crippen LogP) is 3.67. The summed E-state index contributed by atoms with van der Waals surface area (Å²) >= 11 is 0. The zero-order valence-electron chi connectivity index (χ0n) is 15.8. The summed E-state index contributed by atoms with van der Waals surface area (Å²) in [7, 11) is -7.69. The Morgan fingerprint density at radius 3 is 1.33 bits per heavy atom. The molecule has 4 nitrogen and oxygen atoms in total. The lowest BCUT2D eigenvalue weighted by Gasteiger charge is -2.26. The van der Waals surface area contributed by atoms with Crippen LogP contribution >= 0.6 is 0 Å². The minimum atomic E-state index is -3.84. The monoisotopic (exact) mass is 372 g/mol. The molecule has 0 N–H and O–H groups in total. The van der Waals surface area contributed by atoms with Gasteiger partial charge in [-0.05, 0) is 33.6 Å². The van der Waals surface area contributed by atoms with Gasteiger partial charge in [0.05, 0.1) is 0 Å². The van der Waals surface area contributed by atoms with Crippen LogP contribution in [-0.4, -0.2) is 29.3 Å². The van der Waals surface area contributed by atoms with E-state index in [1.54, 1.807) is 0 Å². The summed E-state index contributed by atoms with van der Waals surface area (Å²) in [4.78, 5) is 0. The van der Waals surface area contributed by atoms with Gasteiger partial charge in [-0.1, -0.05) is 59.7 Å². The summed E-state index contributed by atoms with van der Waals surface area (Å²) in [6, 6.07) is 5.80. The number of hydrogen-bond donors (Lipinski definition) is 0. The first-order valence-corrected chi connectivity index (χ1v) is 11.5. The van der Waals surface area contributed by atoms with Gasteiger partial charge in [0.25, 0.3) is 0 Å². The molecule has 0 atom stereocenters. The molecule has 136 valence electrons. The molecule has 0 aliphatic heterocycles. The standard InChI is InChI=1S/C18H28O4S2/c1-17(2,3)14-9-13(10-15(12-14)18(4,5)6)11-16(23(7,19)20)24(8,21)22/h9-12H,1-8H3. The molecule has 0 radical (unpaired) electrons. The summed E-state index contributed by atoms with van der Waals surface area (Å²) in [6.07, 6.45) is 3.09. The van der Waals surface area contributed by atoms with Crippen LogP contribution in [0.5, 0.6) is 0 Å². The molecule has 1 aromatic rings. The number of rotatable bonds is 3. The average molecular weight is 373 g/mol. The van der Waals surface area contributed by atoms with E-state index in [1.807, 2.05) is 12.1 Å². The topological polar surface area (TPSA) is 68.3 Å². The van der Waals surface area contributed by atoms with Gasteiger partial charge in [-0.3, -0.25) is 0 Å². The van der Waals surface area contributed by atoms with E-state index in [2.05, 4.69) is 47.6 Å². The van der Waals surface area contributed by atoms with E-state index in [1.165, 1.54) is 6.08 Å². The van der Waals surface area contributed by atoms with Crippen molar-refractivity contribution in [3.8, 4) is 0 Å². The van der Waals surface area contributed by atoms with E-state index in [-0.39, 0.29) is 10.8 Å². The fourth-order valence-electron chi connectivity index (χ4n) is 2.23. The zero-order valence-corrected chi connectivity index (χ0v) is 17.4. The van der Waals surface area contributed by atoms with Crippen molar-refractivity contribution in [1.82, 2.24) is 0 Å². The smallest absolute Gasteiger partial charge is 0.186 e. The maximum Gasteiger partial charge on any atom is 0.186 e. The second-order valence-electron chi connectivity index (χ2n) is 8.35. The highest BCUT2D eigenvalue weighted by Crippen LogP contribution is 2.31. The second-order valence-corrected chi connectivity index (χ2v) is 12.6. The van der Waals surface area contributed by atoms with Gasteiger partial charge in [0, 0.05) is 12.5 Å². The molecule has 24 heavy (non-hydrogen) atoms. The molecule has 0 aliphatic carbocycles. The molecule has 0 aromatic heterocycles. The van der Waals surface area contributed by atoms with Crippen LogP contribution in [0.1, 0.15) is 58.2 Å². The van der Waals surface area contributed by atoms with E-state index >= 15 is 0 Å². The van der Waals surface area contributed by atoms with Gasteiger partial charge in [-0.15, -0.1) is 0 Å². The van der Waals surface area contributed by atoms with Gasteiger partial charge in [0.15, 0.2) is 23.9 Å². The first-order chi connectivity index (χ1) is 10.4. The molecule has 0 saturated heterocycles. The normalized spacial score (nSPS) is 13.7. The Kier molecular flexibility index (Phi) is 5.49. The van der Waals surface area contributed by atoms with Crippen molar-refractivity contribution in [1.29, 1.82) is 0 Å². The quantitative estimate of drug-likeness (QED) is 0.812. The first kappa shape index (κ1) is 20.9. The van der Waals surface area contributed by atoms with E-state index < -0.39 is 23.9 Å². The van der Waals surface area contributed by atoms with Crippen LogP contribution in [0.4, 0.5) is 0 Å². The molecule has 0 amide bonds. The Labute approximate surface area is 146 Å². The van der Waals surface area contributed by atoms with Gasteiger partial charge >= 0.3 is 0 Å². The van der Waals surface area contributed by atoms with Crippen LogP contribution in [0.15, 0.2) is 22.4 Å². The maximum absolute atomic E-state index is 11.9. The fourth-order valence-corrected chi connectivity index (χ4v) is 5.13. The van der Waals surface area contributed by atoms with Crippen molar-refractivity contribution in [2.45, 2.75) is 52.4 Å². The van der Waals surface area contributed by atoms with Gasteiger partial charge < -0.3 is 0 Å². The SMILES string of the molecule is CC(C)(C)c1cc(C=C(S(C)(=O)=O)S(C)(=O)=O)cc(C(C)(C)C)c1. The Hall–Kier alpha value is -1.14. The minimum Gasteiger partial charge on any atom is -0.223 e. The molecule has 0 fully saturated rings. The third-order valence-corrected chi connectivity index (χ3v) is 7.22. The molecule has 1 aromatic carbocycles. The van der Waals surface area contributed by atoms with Crippen molar-refractivity contribution in [2.24, 2.45) is 0 Å². The Morgan fingerprint density at radius 2 is 1.08 bits per heavy atom. The van der Waals surface area contributed by atoms with E-state index in [0.717, 1.165) is 23.6 Å². The van der Waals surface area contributed by atoms with Crippen LogP contribution in [0, 0.1) is 0 Å². The van der Waals surface area contributed by atoms with E-state index in [4.69, 9.17) is 0 Å². The van der Waals surface area contributed by atoms with Gasteiger partial charge in [0.1, 0.15) is 0 Å². The van der Waals surface area contributed by atoms with Crippen LogP contribution in [0.25, 0.3) is 6.08 Å². The highest BCUT2D eigenvalue weighted by atomic mass is 32.3.